The number of hydrogen-bond donors (Lipinski definition) is 1. The van der Waals surface area contributed by atoms with E-state index in [1.807, 2.05) is 32.0 Å². The van der Waals surface area contributed by atoms with E-state index < -0.39 is 10.0 Å². The molecule has 2 aromatic carbocycles. The maximum Gasteiger partial charge on any atom is 0.242 e. The van der Waals surface area contributed by atoms with E-state index in [0.717, 1.165) is 12.2 Å². The molecule has 0 atom stereocenters. The molecule has 25 heavy (non-hydrogen) atoms. The molecule has 0 fully saturated rings. The van der Waals surface area contributed by atoms with Gasteiger partial charge in [0.2, 0.25) is 10.0 Å². The van der Waals surface area contributed by atoms with Gasteiger partial charge in [-0.3, -0.25) is 0 Å². The second-order valence-corrected chi connectivity index (χ2v) is 7.44. The van der Waals surface area contributed by atoms with Crippen molar-refractivity contribution in [1.82, 2.24) is 15.0 Å². The number of benzene rings is 2. The van der Waals surface area contributed by atoms with Crippen molar-refractivity contribution in [2.45, 2.75) is 18.7 Å². The summed E-state index contributed by atoms with van der Waals surface area (Å²) in [5.74, 6) is 0. The molecule has 1 aromatic heterocycles. The Morgan fingerprint density at radius 3 is 2.72 bits per heavy atom. The molecule has 0 saturated carbocycles. The highest BCUT2D eigenvalue weighted by Crippen LogP contribution is 2.19. The number of aryl methyl sites for hydroxylation is 1. The maximum atomic E-state index is 12.6. The molecule has 0 aliphatic rings. The molecule has 0 bridgehead atoms. The number of hydrogen-bond acceptors (Lipinski definition) is 6. The first kappa shape index (κ1) is 17.4. The standard InChI is InChI=1S/C17H20N4O3S/c1-3-21(14-7-4-6-13(2)12-14)11-10-18-25(22,23)16-9-5-8-15-17(16)20-24-19-15/h4-9,12,18H,3,10-11H2,1-2H3. The van der Waals surface area contributed by atoms with Gasteiger partial charge < -0.3 is 4.90 Å². The Balaban J connectivity index is 1.71. The van der Waals surface area contributed by atoms with Crippen LogP contribution in [0.4, 0.5) is 5.69 Å². The Labute approximate surface area is 146 Å². The fourth-order valence-corrected chi connectivity index (χ4v) is 3.86. The van der Waals surface area contributed by atoms with Crippen molar-refractivity contribution in [3.05, 3.63) is 48.0 Å². The molecule has 0 aliphatic carbocycles. The molecule has 1 N–H and O–H groups in total. The number of nitrogens with one attached hydrogen (secondary N) is 1. The van der Waals surface area contributed by atoms with Gasteiger partial charge in [-0.05, 0) is 54.0 Å². The SMILES string of the molecule is CCN(CCNS(=O)(=O)c1cccc2nonc12)c1cccc(C)c1. The van der Waals surface area contributed by atoms with Crippen molar-refractivity contribution in [3.63, 3.8) is 0 Å². The number of anilines is 1. The first-order valence-electron chi connectivity index (χ1n) is 8.04. The van der Waals surface area contributed by atoms with Gasteiger partial charge in [-0.2, -0.15) is 0 Å². The summed E-state index contributed by atoms with van der Waals surface area (Å²) in [4.78, 5) is 2.19. The molecule has 0 radical (unpaired) electrons. The van der Waals surface area contributed by atoms with Gasteiger partial charge in [0, 0.05) is 25.3 Å². The third-order valence-electron chi connectivity index (χ3n) is 3.96. The van der Waals surface area contributed by atoms with Gasteiger partial charge in [-0.25, -0.2) is 17.8 Å². The Morgan fingerprint density at radius 2 is 1.96 bits per heavy atom. The zero-order valence-electron chi connectivity index (χ0n) is 14.1. The van der Waals surface area contributed by atoms with Gasteiger partial charge in [0.1, 0.15) is 10.4 Å². The lowest BCUT2D eigenvalue weighted by Gasteiger charge is -2.23. The highest BCUT2D eigenvalue weighted by Gasteiger charge is 2.20. The minimum Gasteiger partial charge on any atom is -0.370 e. The smallest absolute Gasteiger partial charge is 0.242 e. The van der Waals surface area contributed by atoms with Crippen molar-refractivity contribution >= 4 is 26.7 Å². The van der Waals surface area contributed by atoms with Crippen molar-refractivity contribution in [2.75, 3.05) is 24.5 Å². The van der Waals surface area contributed by atoms with Crippen LogP contribution in [-0.4, -0.2) is 38.4 Å². The van der Waals surface area contributed by atoms with Crippen LogP contribution in [0.25, 0.3) is 11.0 Å². The van der Waals surface area contributed by atoms with Crippen molar-refractivity contribution < 1.29 is 13.0 Å². The molecule has 0 spiro atoms. The molecular weight excluding hydrogens is 340 g/mol. The Bertz CT molecular complexity index is 969. The van der Waals surface area contributed by atoms with Gasteiger partial charge in [0.05, 0.1) is 0 Å². The zero-order valence-corrected chi connectivity index (χ0v) is 15.0. The first-order chi connectivity index (χ1) is 12.0. The predicted molar refractivity (Wildman–Crippen MR) is 96.1 cm³/mol. The summed E-state index contributed by atoms with van der Waals surface area (Å²) in [6, 6.07) is 12.9. The molecule has 0 aliphatic heterocycles. The van der Waals surface area contributed by atoms with Crippen LogP contribution in [-0.2, 0) is 10.0 Å². The van der Waals surface area contributed by atoms with E-state index in [0.29, 0.717) is 12.1 Å². The van der Waals surface area contributed by atoms with E-state index in [9.17, 15) is 8.42 Å². The summed E-state index contributed by atoms with van der Waals surface area (Å²) in [6.07, 6.45) is 0. The molecule has 3 aromatic rings. The van der Waals surface area contributed by atoms with Crippen LogP contribution in [0.3, 0.4) is 0 Å². The average Bonchev–Trinajstić information content (AvgIpc) is 3.07. The molecule has 0 amide bonds. The van der Waals surface area contributed by atoms with E-state index in [1.165, 1.54) is 11.6 Å². The number of aromatic nitrogens is 2. The van der Waals surface area contributed by atoms with Gasteiger partial charge in [-0.1, -0.05) is 18.2 Å². The van der Waals surface area contributed by atoms with Gasteiger partial charge in [0.15, 0.2) is 5.52 Å². The number of sulfonamides is 1. The third-order valence-corrected chi connectivity index (χ3v) is 5.45. The monoisotopic (exact) mass is 360 g/mol. The van der Waals surface area contributed by atoms with Crippen LogP contribution < -0.4 is 9.62 Å². The Morgan fingerprint density at radius 1 is 1.16 bits per heavy atom. The summed E-state index contributed by atoms with van der Waals surface area (Å²) in [5, 5.41) is 7.36. The fraction of sp³-hybridized carbons (Fsp3) is 0.294. The van der Waals surface area contributed by atoms with Gasteiger partial charge >= 0.3 is 0 Å². The number of fused-ring (bicyclic) bond motifs is 1. The number of nitrogens with zero attached hydrogens (tertiary/aromatic N) is 3. The number of rotatable bonds is 7. The van der Waals surface area contributed by atoms with Crippen LogP contribution in [0.1, 0.15) is 12.5 Å². The van der Waals surface area contributed by atoms with Gasteiger partial charge in [0.25, 0.3) is 0 Å². The van der Waals surface area contributed by atoms with Crippen LogP contribution in [0.5, 0.6) is 0 Å². The molecule has 0 saturated heterocycles. The Hall–Kier alpha value is -2.45. The van der Waals surface area contributed by atoms with Gasteiger partial charge in [-0.15, -0.1) is 0 Å². The lowest BCUT2D eigenvalue weighted by Crippen LogP contribution is -2.35. The molecule has 8 heteroatoms. The van der Waals surface area contributed by atoms with Crippen LogP contribution in [0.2, 0.25) is 0 Å². The van der Waals surface area contributed by atoms with E-state index in [-0.39, 0.29) is 17.0 Å². The minimum absolute atomic E-state index is 0.0739. The highest BCUT2D eigenvalue weighted by molar-refractivity contribution is 7.89. The second-order valence-electron chi connectivity index (χ2n) is 5.70. The summed E-state index contributed by atoms with van der Waals surface area (Å²) in [6.45, 7) is 5.71. The molecule has 132 valence electrons. The first-order valence-corrected chi connectivity index (χ1v) is 9.52. The molecule has 1 heterocycles. The highest BCUT2D eigenvalue weighted by atomic mass is 32.2. The average molecular weight is 360 g/mol. The number of likely N-dealkylation sites (N-methyl/N-ethyl adjacent to an activating group) is 1. The summed E-state index contributed by atoms with van der Waals surface area (Å²) in [7, 11) is -3.69. The third kappa shape index (κ3) is 3.80. The normalized spacial score (nSPS) is 11.8. The second kappa shape index (κ2) is 7.20. The van der Waals surface area contributed by atoms with Crippen LogP contribution in [0.15, 0.2) is 52.0 Å². The van der Waals surface area contributed by atoms with E-state index in [2.05, 4.69) is 30.6 Å². The zero-order chi connectivity index (χ0) is 17.9. The molecule has 3 rings (SSSR count). The van der Waals surface area contributed by atoms with Crippen molar-refractivity contribution in [2.24, 2.45) is 0 Å². The lowest BCUT2D eigenvalue weighted by atomic mass is 10.2. The molecular formula is C17H20N4O3S. The van der Waals surface area contributed by atoms with E-state index in [1.54, 1.807) is 12.1 Å². The predicted octanol–water partition coefficient (Wildman–Crippen LogP) is 2.34. The quantitative estimate of drug-likeness (QED) is 0.696. The molecule has 7 nitrogen and oxygen atoms in total. The van der Waals surface area contributed by atoms with Crippen molar-refractivity contribution in [3.8, 4) is 0 Å². The van der Waals surface area contributed by atoms with E-state index >= 15 is 0 Å². The minimum atomic E-state index is -3.69. The summed E-state index contributed by atoms with van der Waals surface area (Å²) >= 11 is 0. The summed E-state index contributed by atoms with van der Waals surface area (Å²) in [5.41, 5.74) is 2.89. The fourth-order valence-electron chi connectivity index (χ4n) is 2.69. The van der Waals surface area contributed by atoms with Crippen LogP contribution in [0, 0.1) is 6.92 Å². The van der Waals surface area contributed by atoms with E-state index in [4.69, 9.17) is 0 Å². The topological polar surface area (TPSA) is 88.3 Å². The molecule has 0 unspecified atom stereocenters. The lowest BCUT2D eigenvalue weighted by molar-refractivity contribution is 0.315. The largest absolute Gasteiger partial charge is 0.370 e. The maximum absolute atomic E-state index is 12.6. The van der Waals surface area contributed by atoms with Crippen molar-refractivity contribution in [1.29, 1.82) is 0 Å². The summed E-state index contributed by atoms with van der Waals surface area (Å²) < 4.78 is 32.4. The van der Waals surface area contributed by atoms with Crippen LogP contribution >= 0.6 is 0 Å². The Kier molecular flexibility index (Phi) is 5.00.